The van der Waals surface area contributed by atoms with E-state index in [1.807, 2.05) is 0 Å². The molecule has 0 radical (unpaired) electrons. The van der Waals surface area contributed by atoms with Crippen LogP contribution in [-0.4, -0.2) is 29.2 Å². The van der Waals surface area contributed by atoms with E-state index in [-0.39, 0.29) is 11.3 Å². The molecule has 0 aliphatic heterocycles. The van der Waals surface area contributed by atoms with Gasteiger partial charge in [-0.05, 0) is 25.5 Å². The Balaban J connectivity index is 2.74. The number of nitro groups is 1. The molecule has 0 unspecified atom stereocenters. The van der Waals surface area contributed by atoms with Crippen LogP contribution in [-0.2, 0) is 19.9 Å². The highest BCUT2D eigenvalue weighted by atomic mass is 16.6. The zero-order valence-electron chi connectivity index (χ0n) is 14.8. The second kappa shape index (κ2) is 8.07. The van der Waals surface area contributed by atoms with E-state index in [9.17, 15) is 20.0 Å². The number of aliphatic hydroxyl groups is 1. The summed E-state index contributed by atoms with van der Waals surface area (Å²) in [7, 11) is 1.18. The fourth-order valence-electron chi connectivity index (χ4n) is 2.88. The van der Waals surface area contributed by atoms with Crippen molar-refractivity contribution in [3.63, 3.8) is 0 Å². The topological polar surface area (TPSA) is 98.9 Å². The molecular weight excluding hydrogens is 338 g/mol. The summed E-state index contributed by atoms with van der Waals surface area (Å²) in [5, 5.41) is 22.5. The molecule has 0 saturated heterocycles. The van der Waals surface area contributed by atoms with Crippen LogP contribution >= 0.6 is 0 Å². The van der Waals surface area contributed by atoms with Crippen molar-refractivity contribution >= 4 is 11.7 Å². The number of benzene rings is 2. The monoisotopic (exact) mass is 359 g/mol. The molecule has 1 N–H and O–H groups in total. The van der Waals surface area contributed by atoms with E-state index < -0.39 is 28.7 Å². The van der Waals surface area contributed by atoms with Gasteiger partial charge in [-0.1, -0.05) is 42.5 Å². The number of hydrogen-bond acceptors (Lipinski definition) is 6. The van der Waals surface area contributed by atoms with E-state index in [1.54, 1.807) is 50.2 Å². The minimum Gasteiger partial charge on any atom is -0.467 e. The smallest absolute Gasteiger partial charge is 0.346 e. The lowest BCUT2D eigenvalue weighted by molar-refractivity contribution is -0.386. The van der Waals surface area contributed by atoms with E-state index in [4.69, 9.17) is 9.47 Å². The van der Waals surface area contributed by atoms with Gasteiger partial charge in [0.15, 0.2) is 0 Å². The van der Waals surface area contributed by atoms with Gasteiger partial charge >= 0.3 is 5.97 Å². The number of esters is 1. The summed E-state index contributed by atoms with van der Waals surface area (Å²) in [6.07, 6.45) is -2.12. The number of nitrogens with zero attached hydrogens (tertiary/aromatic N) is 1. The molecule has 0 heterocycles. The molecule has 0 aliphatic rings. The first-order chi connectivity index (χ1) is 12.3. The van der Waals surface area contributed by atoms with Crippen molar-refractivity contribution in [3.8, 4) is 0 Å². The number of methoxy groups -OCH3 is 1. The molecule has 2 atom stereocenters. The number of nitro benzene ring substituents is 1. The van der Waals surface area contributed by atoms with Crippen LogP contribution in [0.3, 0.4) is 0 Å². The van der Waals surface area contributed by atoms with Gasteiger partial charge in [-0.2, -0.15) is 0 Å². The Labute approximate surface area is 151 Å². The molecule has 2 aromatic rings. The van der Waals surface area contributed by atoms with Gasteiger partial charge in [-0.25, -0.2) is 4.79 Å². The summed E-state index contributed by atoms with van der Waals surface area (Å²) in [5.41, 5.74) is -1.95. The third-order valence-corrected chi connectivity index (χ3v) is 3.93. The van der Waals surface area contributed by atoms with Crippen LogP contribution in [0.25, 0.3) is 0 Å². The van der Waals surface area contributed by atoms with Crippen molar-refractivity contribution in [2.75, 3.05) is 7.11 Å². The summed E-state index contributed by atoms with van der Waals surface area (Å²) in [6, 6.07) is 14.0. The normalized spacial score (nSPS) is 14.5. The maximum absolute atomic E-state index is 12.8. The minimum atomic E-state index is -1.95. The average molecular weight is 359 g/mol. The van der Waals surface area contributed by atoms with E-state index >= 15 is 0 Å². The average Bonchev–Trinajstić information content (AvgIpc) is 2.65. The van der Waals surface area contributed by atoms with Crippen molar-refractivity contribution in [3.05, 3.63) is 75.8 Å². The Hall–Kier alpha value is -2.77. The van der Waals surface area contributed by atoms with Gasteiger partial charge in [0.05, 0.1) is 23.7 Å². The maximum atomic E-state index is 12.8. The highest BCUT2D eigenvalue weighted by molar-refractivity contribution is 5.83. The highest BCUT2D eigenvalue weighted by Crippen LogP contribution is 2.43. The number of ether oxygens (including phenoxy) is 2. The van der Waals surface area contributed by atoms with Crippen molar-refractivity contribution in [1.29, 1.82) is 0 Å². The number of para-hydroxylation sites is 1. The lowest BCUT2D eigenvalue weighted by Crippen LogP contribution is -2.47. The van der Waals surface area contributed by atoms with Crippen LogP contribution in [0.2, 0.25) is 0 Å². The van der Waals surface area contributed by atoms with Crippen LogP contribution in [0.5, 0.6) is 0 Å². The van der Waals surface area contributed by atoms with Crippen molar-refractivity contribution in [1.82, 2.24) is 0 Å². The van der Waals surface area contributed by atoms with Crippen molar-refractivity contribution in [2.45, 2.75) is 31.7 Å². The van der Waals surface area contributed by atoms with E-state index in [1.165, 1.54) is 25.3 Å². The predicted molar refractivity (Wildman–Crippen MR) is 94.4 cm³/mol. The van der Waals surface area contributed by atoms with E-state index in [0.29, 0.717) is 5.56 Å². The Bertz CT molecular complexity index is 777. The molecule has 0 aliphatic carbocycles. The molecule has 7 nitrogen and oxygen atoms in total. The van der Waals surface area contributed by atoms with Gasteiger partial charge in [0.25, 0.3) is 5.69 Å². The second-order valence-corrected chi connectivity index (χ2v) is 5.98. The summed E-state index contributed by atoms with van der Waals surface area (Å²) in [5.74, 6) is -0.844. The van der Waals surface area contributed by atoms with Gasteiger partial charge in [0, 0.05) is 6.07 Å². The van der Waals surface area contributed by atoms with Crippen LogP contribution in [0.15, 0.2) is 54.6 Å². The molecule has 2 rings (SSSR count). The molecule has 0 aromatic heterocycles. The summed E-state index contributed by atoms with van der Waals surface area (Å²) >= 11 is 0. The molecule has 0 saturated carbocycles. The lowest BCUT2D eigenvalue weighted by atomic mass is 9.83. The maximum Gasteiger partial charge on any atom is 0.346 e. The molecule has 0 amide bonds. The first kappa shape index (κ1) is 19.6. The van der Waals surface area contributed by atoms with Gasteiger partial charge in [0.1, 0.15) is 6.10 Å². The third-order valence-electron chi connectivity index (χ3n) is 3.93. The Morgan fingerprint density at radius 2 is 1.69 bits per heavy atom. The quantitative estimate of drug-likeness (QED) is 0.463. The zero-order chi connectivity index (χ0) is 19.3. The fourth-order valence-corrected chi connectivity index (χ4v) is 2.88. The third kappa shape index (κ3) is 3.58. The molecule has 0 spiro atoms. The molecule has 138 valence electrons. The largest absolute Gasteiger partial charge is 0.467 e. The van der Waals surface area contributed by atoms with Crippen molar-refractivity contribution in [2.24, 2.45) is 0 Å². The number of aliphatic hydroxyl groups excluding tert-OH is 1. The van der Waals surface area contributed by atoms with Gasteiger partial charge in [-0.3, -0.25) is 10.1 Å². The minimum absolute atomic E-state index is 0.0348. The van der Waals surface area contributed by atoms with Gasteiger partial charge in [0.2, 0.25) is 5.60 Å². The number of rotatable bonds is 7. The number of hydrogen-bond donors (Lipinski definition) is 1. The molecule has 0 bridgehead atoms. The standard InChI is InChI=1S/C19H21NO6/c1-13(2)26-19(18(22)25-3,14-9-5-4-6-10-14)17(21)15-11-7-8-12-16(15)20(23)24/h4-13,17,21H,1-3H3/t17-,19-/m0/s1. The number of carbonyl (C=O) groups is 1. The Kier molecular flexibility index (Phi) is 6.07. The summed E-state index contributed by atoms with van der Waals surface area (Å²) in [6.45, 7) is 3.40. The van der Waals surface area contributed by atoms with Crippen LogP contribution in [0.4, 0.5) is 5.69 Å². The predicted octanol–water partition coefficient (Wildman–Crippen LogP) is 3.12. The summed E-state index contributed by atoms with van der Waals surface area (Å²) in [4.78, 5) is 23.6. The molecule has 0 fully saturated rings. The lowest BCUT2D eigenvalue weighted by Gasteiger charge is -2.37. The fraction of sp³-hybridized carbons (Fsp3) is 0.316. The van der Waals surface area contributed by atoms with Crippen molar-refractivity contribution < 1.29 is 24.3 Å². The number of carbonyl (C=O) groups excluding carboxylic acids is 1. The van der Waals surface area contributed by atoms with Gasteiger partial charge < -0.3 is 14.6 Å². The SMILES string of the molecule is COC(=O)[C@](OC(C)C)(c1ccccc1)[C@@H](O)c1ccccc1[N+](=O)[O-]. The Morgan fingerprint density at radius 1 is 1.12 bits per heavy atom. The zero-order valence-corrected chi connectivity index (χ0v) is 14.8. The van der Waals surface area contributed by atoms with E-state index in [0.717, 1.165) is 0 Å². The van der Waals surface area contributed by atoms with E-state index in [2.05, 4.69) is 0 Å². The second-order valence-electron chi connectivity index (χ2n) is 5.98. The summed E-state index contributed by atoms with van der Waals surface area (Å²) < 4.78 is 10.8. The van der Waals surface area contributed by atoms with Gasteiger partial charge in [-0.15, -0.1) is 0 Å². The van der Waals surface area contributed by atoms with Crippen LogP contribution in [0, 0.1) is 10.1 Å². The van der Waals surface area contributed by atoms with Crippen LogP contribution in [0.1, 0.15) is 31.1 Å². The molecular formula is C19H21NO6. The molecule has 2 aromatic carbocycles. The first-order valence-electron chi connectivity index (χ1n) is 8.07. The molecule has 7 heteroatoms. The van der Waals surface area contributed by atoms with Crippen LogP contribution < -0.4 is 0 Å². The molecule has 26 heavy (non-hydrogen) atoms. The Morgan fingerprint density at radius 3 is 2.23 bits per heavy atom. The highest BCUT2D eigenvalue weighted by Gasteiger charge is 2.52. The first-order valence-corrected chi connectivity index (χ1v) is 8.07.